The van der Waals surface area contributed by atoms with Crippen LogP contribution in [0.2, 0.25) is 0 Å². The van der Waals surface area contributed by atoms with Crippen LogP contribution >= 0.6 is 0 Å². The van der Waals surface area contributed by atoms with Gasteiger partial charge >= 0.3 is 0 Å². The van der Waals surface area contributed by atoms with Crippen LogP contribution < -0.4 is 0 Å². The van der Waals surface area contributed by atoms with E-state index in [1.807, 2.05) is 0 Å². The second-order valence-corrected chi connectivity index (χ2v) is 17.8. The molecule has 2 heterocycles. The first-order chi connectivity index (χ1) is 30.6. The predicted molar refractivity (Wildman–Crippen MR) is 266 cm³/mol. The third kappa shape index (κ3) is 4.91. The molecule has 1 aromatic heterocycles. The van der Waals surface area contributed by atoms with Crippen LogP contribution in [-0.2, 0) is 5.41 Å². The molecule has 0 saturated heterocycles. The van der Waals surface area contributed by atoms with Crippen molar-refractivity contribution in [1.29, 1.82) is 0 Å². The molecule has 0 N–H and O–H groups in total. The van der Waals surface area contributed by atoms with E-state index in [-0.39, 0.29) is 5.41 Å². The summed E-state index contributed by atoms with van der Waals surface area (Å²) >= 11 is 0. The summed E-state index contributed by atoms with van der Waals surface area (Å²) in [6, 6.07) is 68.5. The third-order valence-electron chi connectivity index (χ3n) is 14.1. The van der Waals surface area contributed by atoms with Crippen LogP contribution in [0.5, 0.6) is 0 Å². The fourth-order valence-electron chi connectivity index (χ4n) is 11.4. The molecular weight excluding hydrogens is 747 g/mol. The molecule has 2 aliphatic rings. The van der Waals surface area contributed by atoms with E-state index in [0.29, 0.717) is 0 Å². The van der Waals surface area contributed by atoms with Gasteiger partial charge in [0, 0.05) is 16.2 Å². The van der Waals surface area contributed by atoms with Gasteiger partial charge in [0.1, 0.15) is 0 Å². The summed E-state index contributed by atoms with van der Waals surface area (Å²) in [5.41, 5.74) is 16.6. The Bertz CT molecular complexity index is 3650. The van der Waals surface area contributed by atoms with Crippen molar-refractivity contribution in [2.24, 2.45) is 0 Å². The van der Waals surface area contributed by atoms with Crippen LogP contribution in [0.4, 0.5) is 0 Å². The molecule has 0 fully saturated rings. The Balaban J connectivity index is 1.16. The van der Waals surface area contributed by atoms with E-state index in [0.717, 1.165) is 12.8 Å². The molecule has 0 atom stereocenters. The summed E-state index contributed by atoms with van der Waals surface area (Å²) in [6.07, 6.45) is 9.25. The topological polar surface area (TPSA) is 4.93 Å². The fraction of sp³-hybridized carbons (Fsp3) is 0.0820. The minimum Gasteiger partial charge on any atom is -0.309 e. The van der Waals surface area contributed by atoms with Crippen LogP contribution in [0.15, 0.2) is 200 Å². The van der Waals surface area contributed by atoms with Gasteiger partial charge in [-0.25, -0.2) is 0 Å². The van der Waals surface area contributed by atoms with Crippen LogP contribution in [0.25, 0.3) is 110 Å². The number of benzene rings is 10. The van der Waals surface area contributed by atoms with Crippen LogP contribution in [0.1, 0.15) is 43.4 Å². The molecular formula is C61H43N. The van der Waals surface area contributed by atoms with Gasteiger partial charge in [-0.1, -0.05) is 184 Å². The fourth-order valence-corrected chi connectivity index (χ4v) is 11.4. The van der Waals surface area contributed by atoms with Crippen molar-refractivity contribution in [3.63, 3.8) is 0 Å². The lowest BCUT2D eigenvalue weighted by molar-refractivity contribution is 0.630. The lowest BCUT2D eigenvalue weighted by atomic mass is 9.73. The number of allylic oxidation sites excluding steroid dienone is 4. The first-order valence-electron chi connectivity index (χ1n) is 22.1. The van der Waals surface area contributed by atoms with E-state index in [4.69, 9.17) is 0 Å². The zero-order valence-electron chi connectivity index (χ0n) is 34.9. The van der Waals surface area contributed by atoms with E-state index in [2.05, 4.69) is 219 Å². The summed E-state index contributed by atoms with van der Waals surface area (Å²) in [5, 5.41) is 12.9. The molecule has 1 aliphatic heterocycles. The molecule has 1 nitrogen and oxygen atoms in total. The Kier molecular flexibility index (Phi) is 7.55. The maximum Gasteiger partial charge on any atom is 0.0582 e. The zero-order chi connectivity index (χ0) is 41.1. The van der Waals surface area contributed by atoms with Gasteiger partial charge in [0.2, 0.25) is 0 Å². The number of aromatic nitrogens is 1. The third-order valence-corrected chi connectivity index (χ3v) is 14.1. The highest BCUT2D eigenvalue weighted by molar-refractivity contribution is 6.24. The second kappa shape index (κ2) is 13.3. The minimum atomic E-state index is -0.238. The molecule has 0 unspecified atom stereocenters. The SMILES string of the molecule is CC1(C)c2ccccc2-n2c3ccc(-c4c5ccccc5c(C5=CCCC=C5)c5ccccc45)cc3c3cc(-c4c5ccccc5c(-c5ccccc5)c5ccccc45)cc1c32. The summed E-state index contributed by atoms with van der Waals surface area (Å²) in [5.74, 6) is 0. The largest absolute Gasteiger partial charge is 0.309 e. The molecule has 0 radical (unpaired) electrons. The average molecular weight is 790 g/mol. The van der Waals surface area contributed by atoms with Gasteiger partial charge in [0.05, 0.1) is 16.7 Å². The smallest absolute Gasteiger partial charge is 0.0582 e. The van der Waals surface area contributed by atoms with Crippen LogP contribution in [0, 0.1) is 0 Å². The highest BCUT2D eigenvalue weighted by Gasteiger charge is 2.36. The molecule has 0 spiro atoms. The van der Waals surface area contributed by atoms with Gasteiger partial charge in [0.25, 0.3) is 0 Å². The summed E-state index contributed by atoms with van der Waals surface area (Å²) in [4.78, 5) is 0. The number of hydrogen-bond donors (Lipinski definition) is 0. The van der Waals surface area contributed by atoms with Crippen molar-refractivity contribution in [2.75, 3.05) is 0 Å². The van der Waals surface area contributed by atoms with E-state index < -0.39 is 0 Å². The van der Waals surface area contributed by atoms with Gasteiger partial charge < -0.3 is 4.57 Å². The Labute approximate surface area is 361 Å². The maximum atomic E-state index is 2.56. The number of rotatable bonds is 4. The van der Waals surface area contributed by atoms with Crippen molar-refractivity contribution in [1.82, 2.24) is 4.57 Å². The van der Waals surface area contributed by atoms with E-state index in [1.54, 1.807) is 0 Å². The van der Waals surface area contributed by atoms with Crippen molar-refractivity contribution >= 4 is 70.5 Å². The van der Waals surface area contributed by atoms with Crippen molar-refractivity contribution in [3.05, 3.63) is 217 Å². The average Bonchev–Trinajstić information content (AvgIpc) is 3.65. The number of fused-ring (bicyclic) bond motifs is 9. The quantitative estimate of drug-likeness (QED) is 0.157. The van der Waals surface area contributed by atoms with Crippen molar-refractivity contribution in [2.45, 2.75) is 32.1 Å². The molecule has 0 bridgehead atoms. The van der Waals surface area contributed by atoms with Crippen LogP contribution in [-0.4, -0.2) is 4.57 Å². The van der Waals surface area contributed by atoms with Gasteiger partial charge in [0.15, 0.2) is 0 Å². The lowest BCUT2D eigenvalue weighted by Crippen LogP contribution is -2.26. The zero-order valence-corrected chi connectivity index (χ0v) is 34.9. The van der Waals surface area contributed by atoms with Gasteiger partial charge in [-0.2, -0.15) is 0 Å². The maximum absolute atomic E-state index is 2.56. The highest BCUT2D eigenvalue weighted by atomic mass is 15.0. The van der Waals surface area contributed by atoms with Gasteiger partial charge in [-0.05, 0) is 142 Å². The second-order valence-electron chi connectivity index (χ2n) is 17.8. The predicted octanol–water partition coefficient (Wildman–Crippen LogP) is 16.8. The van der Waals surface area contributed by atoms with Crippen molar-refractivity contribution < 1.29 is 0 Å². The Morgan fingerprint density at radius 3 is 1.47 bits per heavy atom. The Morgan fingerprint density at radius 1 is 0.387 bits per heavy atom. The molecule has 10 aromatic carbocycles. The Hall–Kier alpha value is -7.48. The number of hydrogen-bond acceptors (Lipinski definition) is 0. The normalized spacial score (nSPS) is 14.3. The molecule has 1 aliphatic carbocycles. The monoisotopic (exact) mass is 789 g/mol. The lowest BCUT2D eigenvalue weighted by Gasteiger charge is -2.35. The summed E-state index contributed by atoms with van der Waals surface area (Å²) in [7, 11) is 0. The number of nitrogens with zero attached hydrogens (tertiary/aromatic N) is 1. The number of para-hydroxylation sites is 1. The highest BCUT2D eigenvalue weighted by Crippen LogP contribution is 2.52. The van der Waals surface area contributed by atoms with E-state index >= 15 is 0 Å². The molecule has 292 valence electrons. The molecule has 62 heavy (non-hydrogen) atoms. The van der Waals surface area contributed by atoms with Gasteiger partial charge in [-0.3, -0.25) is 0 Å². The standard InChI is InChI=1S/C61H43N/c1-61(2)52-31-17-18-32-55(52)62-54-34-33-40(58-46-27-13-9-23-42(46)56(38-19-5-3-6-20-38)43-24-10-14-28-47(43)58)35-50(54)51-36-41(37-53(61)60(51)62)59-48-29-15-11-25-44(48)57(39-21-7-4-8-22-39)45-26-12-16-30-49(45)59/h4-5,7-37H,3,6H2,1-2H3. The first kappa shape index (κ1) is 35.3. The van der Waals surface area contributed by atoms with Crippen molar-refractivity contribution in [3.8, 4) is 39.1 Å². The minimum absolute atomic E-state index is 0.238. The molecule has 1 heteroatoms. The molecule has 0 saturated carbocycles. The molecule has 13 rings (SSSR count). The Morgan fingerprint density at radius 2 is 0.887 bits per heavy atom. The van der Waals surface area contributed by atoms with Gasteiger partial charge in [-0.15, -0.1) is 0 Å². The van der Waals surface area contributed by atoms with E-state index in [1.165, 1.54) is 126 Å². The van der Waals surface area contributed by atoms with E-state index in [9.17, 15) is 0 Å². The molecule has 11 aromatic rings. The summed E-state index contributed by atoms with van der Waals surface area (Å²) in [6.45, 7) is 4.84. The molecule has 0 amide bonds. The first-order valence-corrected chi connectivity index (χ1v) is 22.1. The summed E-state index contributed by atoms with van der Waals surface area (Å²) < 4.78 is 2.56. The van der Waals surface area contributed by atoms with Crippen LogP contribution in [0.3, 0.4) is 0 Å².